The number of nitrogens with zero attached hydrogens (tertiary/aromatic N) is 3. The van der Waals surface area contributed by atoms with E-state index < -0.39 is 0 Å². The van der Waals surface area contributed by atoms with Crippen LogP contribution in [0.3, 0.4) is 0 Å². The third kappa shape index (κ3) is 1.43. The predicted molar refractivity (Wildman–Crippen MR) is 69.5 cm³/mol. The number of fused-ring (bicyclic) bond motifs is 3. The Bertz CT molecular complexity index is 779. The van der Waals surface area contributed by atoms with Crippen molar-refractivity contribution in [3.05, 3.63) is 30.3 Å². The quantitative estimate of drug-likeness (QED) is 0.719. The fourth-order valence-corrected chi connectivity index (χ4v) is 2.48. The van der Waals surface area contributed by atoms with Gasteiger partial charge in [0.2, 0.25) is 0 Å². The second-order valence-electron chi connectivity index (χ2n) is 4.76. The van der Waals surface area contributed by atoms with E-state index in [1.165, 1.54) is 12.4 Å². The number of aromatic nitrogens is 2. The highest BCUT2D eigenvalue weighted by Gasteiger charge is 2.28. The molecule has 1 aliphatic rings. The van der Waals surface area contributed by atoms with Crippen LogP contribution in [0.15, 0.2) is 28.9 Å². The summed E-state index contributed by atoms with van der Waals surface area (Å²) >= 11 is 0. The van der Waals surface area contributed by atoms with Gasteiger partial charge in [0.1, 0.15) is 23.2 Å². The summed E-state index contributed by atoms with van der Waals surface area (Å²) in [5.74, 6) is 0.350. The van der Waals surface area contributed by atoms with Crippen LogP contribution in [-0.2, 0) is 0 Å². The minimum atomic E-state index is -0.332. The van der Waals surface area contributed by atoms with Crippen molar-refractivity contribution in [2.45, 2.75) is 6.04 Å². The molecule has 0 unspecified atom stereocenters. The first-order valence-corrected chi connectivity index (χ1v) is 6.06. The molecule has 1 aromatic carbocycles. The zero-order chi connectivity index (χ0) is 13.0. The van der Waals surface area contributed by atoms with Gasteiger partial charge in [-0.15, -0.1) is 0 Å². The molecule has 1 aliphatic heterocycles. The molecular formula is C13H11FN4O. The van der Waals surface area contributed by atoms with Crippen LogP contribution in [0.1, 0.15) is 0 Å². The number of anilines is 1. The Kier molecular flexibility index (Phi) is 2.05. The molecule has 96 valence electrons. The van der Waals surface area contributed by atoms with Crippen LogP contribution in [0.4, 0.5) is 10.2 Å². The van der Waals surface area contributed by atoms with Gasteiger partial charge in [-0.2, -0.15) is 0 Å². The first-order valence-electron chi connectivity index (χ1n) is 6.06. The molecule has 1 saturated heterocycles. The SMILES string of the molecule is NC1CN(c2ncnc3c2oc2cccc(F)c23)C1. The number of nitrogens with two attached hydrogens (primary N) is 1. The molecule has 4 rings (SSSR count). The molecule has 0 saturated carbocycles. The first kappa shape index (κ1) is 10.7. The lowest BCUT2D eigenvalue weighted by Gasteiger charge is -2.37. The van der Waals surface area contributed by atoms with Crippen molar-refractivity contribution in [3.63, 3.8) is 0 Å². The van der Waals surface area contributed by atoms with E-state index in [0.717, 1.165) is 13.1 Å². The summed E-state index contributed by atoms with van der Waals surface area (Å²) in [6.07, 6.45) is 1.43. The standard InChI is InChI=1S/C13H11FN4O/c14-8-2-1-3-9-10(8)11-12(19-9)13(17-6-16-11)18-4-7(15)5-18/h1-3,6-7H,4-5,15H2. The van der Waals surface area contributed by atoms with E-state index in [1.54, 1.807) is 12.1 Å². The van der Waals surface area contributed by atoms with E-state index >= 15 is 0 Å². The Labute approximate surface area is 107 Å². The molecule has 2 N–H and O–H groups in total. The van der Waals surface area contributed by atoms with Gasteiger partial charge in [0, 0.05) is 19.1 Å². The van der Waals surface area contributed by atoms with Crippen LogP contribution < -0.4 is 10.6 Å². The molecule has 1 fully saturated rings. The lowest BCUT2D eigenvalue weighted by Crippen LogP contribution is -2.56. The predicted octanol–water partition coefficient (Wildman–Crippen LogP) is 1.66. The molecular weight excluding hydrogens is 247 g/mol. The topological polar surface area (TPSA) is 68.2 Å². The van der Waals surface area contributed by atoms with Crippen molar-refractivity contribution >= 4 is 27.9 Å². The smallest absolute Gasteiger partial charge is 0.196 e. The number of halogens is 1. The van der Waals surface area contributed by atoms with Gasteiger partial charge in [0.05, 0.1) is 5.39 Å². The van der Waals surface area contributed by atoms with Gasteiger partial charge in [0.25, 0.3) is 0 Å². The van der Waals surface area contributed by atoms with Crippen molar-refractivity contribution in [1.29, 1.82) is 0 Å². The van der Waals surface area contributed by atoms with E-state index in [2.05, 4.69) is 9.97 Å². The average Bonchev–Trinajstić information content (AvgIpc) is 2.75. The Hall–Kier alpha value is -2.21. The van der Waals surface area contributed by atoms with Crippen molar-refractivity contribution in [3.8, 4) is 0 Å². The lowest BCUT2D eigenvalue weighted by molar-refractivity contribution is 0.512. The van der Waals surface area contributed by atoms with Gasteiger partial charge in [0.15, 0.2) is 11.4 Å². The number of hydrogen-bond donors (Lipinski definition) is 1. The molecule has 0 bridgehead atoms. The summed E-state index contributed by atoms with van der Waals surface area (Å²) in [6.45, 7) is 1.46. The molecule has 0 spiro atoms. The lowest BCUT2D eigenvalue weighted by atomic mass is 10.1. The van der Waals surface area contributed by atoms with Crippen molar-refractivity contribution in [1.82, 2.24) is 9.97 Å². The Morgan fingerprint density at radius 1 is 1.32 bits per heavy atom. The first-order chi connectivity index (χ1) is 9.24. The Morgan fingerprint density at radius 2 is 2.16 bits per heavy atom. The summed E-state index contributed by atoms with van der Waals surface area (Å²) in [5, 5.41) is 0.408. The van der Waals surface area contributed by atoms with Crippen LogP contribution >= 0.6 is 0 Å². The molecule has 3 heterocycles. The van der Waals surface area contributed by atoms with Gasteiger partial charge < -0.3 is 15.1 Å². The van der Waals surface area contributed by atoms with Crippen LogP contribution in [0.2, 0.25) is 0 Å². The van der Waals surface area contributed by atoms with Gasteiger partial charge >= 0.3 is 0 Å². The second kappa shape index (κ2) is 3.64. The number of hydrogen-bond acceptors (Lipinski definition) is 5. The molecule has 0 amide bonds. The van der Waals surface area contributed by atoms with Gasteiger partial charge in [-0.1, -0.05) is 6.07 Å². The van der Waals surface area contributed by atoms with Crippen LogP contribution in [0.25, 0.3) is 22.1 Å². The van der Waals surface area contributed by atoms with E-state index in [1.807, 2.05) is 4.90 Å². The minimum Gasteiger partial charge on any atom is -0.450 e. The minimum absolute atomic E-state index is 0.158. The third-order valence-corrected chi connectivity index (χ3v) is 3.42. The molecule has 19 heavy (non-hydrogen) atoms. The van der Waals surface area contributed by atoms with Crippen LogP contribution in [-0.4, -0.2) is 29.1 Å². The molecule has 3 aromatic rings. The average molecular weight is 258 g/mol. The second-order valence-corrected chi connectivity index (χ2v) is 4.76. The monoisotopic (exact) mass is 258 g/mol. The van der Waals surface area contributed by atoms with Gasteiger partial charge in [-0.3, -0.25) is 0 Å². The number of rotatable bonds is 1. The molecule has 0 radical (unpaired) electrons. The normalized spacial score (nSPS) is 16.2. The van der Waals surface area contributed by atoms with E-state index in [0.29, 0.717) is 27.9 Å². The zero-order valence-corrected chi connectivity index (χ0v) is 10.0. The van der Waals surface area contributed by atoms with Crippen LogP contribution in [0, 0.1) is 5.82 Å². The van der Waals surface area contributed by atoms with E-state index in [-0.39, 0.29) is 11.9 Å². The molecule has 0 atom stereocenters. The maximum Gasteiger partial charge on any atom is 0.196 e. The third-order valence-electron chi connectivity index (χ3n) is 3.42. The van der Waals surface area contributed by atoms with Crippen molar-refractivity contribution < 1.29 is 8.81 Å². The Morgan fingerprint density at radius 3 is 2.95 bits per heavy atom. The summed E-state index contributed by atoms with van der Waals surface area (Å²) in [7, 11) is 0. The maximum atomic E-state index is 13.9. The largest absolute Gasteiger partial charge is 0.450 e. The highest BCUT2D eigenvalue weighted by molar-refractivity contribution is 6.05. The summed E-state index contributed by atoms with van der Waals surface area (Å²) in [6, 6.07) is 4.91. The van der Waals surface area contributed by atoms with Crippen molar-refractivity contribution in [2.75, 3.05) is 18.0 Å². The number of benzene rings is 1. The van der Waals surface area contributed by atoms with E-state index in [9.17, 15) is 4.39 Å². The highest BCUT2D eigenvalue weighted by atomic mass is 19.1. The summed E-state index contributed by atoms with van der Waals surface area (Å²) in [5.41, 5.74) is 7.30. The summed E-state index contributed by atoms with van der Waals surface area (Å²) in [4.78, 5) is 10.4. The van der Waals surface area contributed by atoms with Crippen molar-refractivity contribution in [2.24, 2.45) is 5.73 Å². The van der Waals surface area contributed by atoms with Gasteiger partial charge in [-0.25, -0.2) is 14.4 Å². The molecule has 0 aliphatic carbocycles. The summed E-state index contributed by atoms with van der Waals surface area (Å²) < 4.78 is 19.6. The molecule has 5 nitrogen and oxygen atoms in total. The zero-order valence-electron chi connectivity index (χ0n) is 10.0. The maximum absolute atomic E-state index is 13.9. The van der Waals surface area contributed by atoms with Crippen LogP contribution in [0.5, 0.6) is 0 Å². The highest BCUT2D eigenvalue weighted by Crippen LogP contribution is 2.34. The fourth-order valence-electron chi connectivity index (χ4n) is 2.48. The fraction of sp³-hybridized carbons (Fsp3) is 0.231. The molecule has 6 heteroatoms. The van der Waals surface area contributed by atoms with E-state index in [4.69, 9.17) is 10.2 Å². The number of furan rings is 1. The van der Waals surface area contributed by atoms with Gasteiger partial charge in [-0.05, 0) is 12.1 Å². The Balaban J connectivity index is 2.01. The molecule has 2 aromatic heterocycles.